The molecule has 2 aliphatic rings. The number of nitrogens with one attached hydrogen (secondary N) is 1. The van der Waals surface area contributed by atoms with Crippen molar-refractivity contribution in [1.29, 1.82) is 0 Å². The van der Waals surface area contributed by atoms with Crippen molar-refractivity contribution in [2.75, 3.05) is 25.1 Å². The van der Waals surface area contributed by atoms with E-state index in [1.165, 1.54) is 0 Å². The highest BCUT2D eigenvalue weighted by Gasteiger charge is 2.37. The molecule has 0 spiro atoms. The average Bonchev–Trinajstić information content (AvgIpc) is 3.21. The quantitative estimate of drug-likeness (QED) is 0.829. The molecule has 1 aliphatic carbocycles. The average molecular weight is 368 g/mol. The lowest BCUT2D eigenvalue weighted by Gasteiger charge is -2.22. The van der Waals surface area contributed by atoms with Gasteiger partial charge in [-0.3, -0.25) is 9.59 Å². The molecule has 1 aromatic carbocycles. The molecule has 1 saturated heterocycles. The van der Waals surface area contributed by atoms with Crippen molar-refractivity contribution >= 4 is 29.9 Å². The zero-order valence-corrected chi connectivity index (χ0v) is 15.3. The van der Waals surface area contributed by atoms with Gasteiger partial charge in [0.2, 0.25) is 11.8 Å². The van der Waals surface area contributed by atoms with Crippen molar-refractivity contribution in [3.8, 4) is 5.75 Å². The van der Waals surface area contributed by atoms with Crippen LogP contribution in [0.15, 0.2) is 24.3 Å². The summed E-state index contributed by atoms with van der Waals surface area (Å²) in [5.74, 6) is 0.781. The Morgan fingerprint density at radius 2 is 2.04 bits per heavy atom. The Hall–Kier alpha value is -1.79. The number of amides is 2. The van der Waals surface area contributed by atoms with Gasteiger partial charge in [-0.05, 0) is 49.6 Å². The van der Waals surface area contributed by atoms with Crippen LogP contribution < -0.4 is 20.7 Å². The van der Waals surface area contributed by atoms with Gasteiger partial charge in [0.05, 0.1) is 13.0 Å². The zero-order chi connectivity index (χ0) is 17.1. The number of benzene rings is 1. The summed E-state index contributed by atoms with van der Waals surface area (Å²) in [6.07, 6.45) is 3.42. The van der Waals surface area contributed by atoms with Gasteiger partial charge in [0.1, 0.15) is 5.75 Å². The number of carbonyl (C=O) groups excluding carboxylic acids is 2. The van der Waals surface area contributed by atoms with Gasteiger partial charge in [-0.25, -0.2) is 0 Å². The fraction of sp³-hybridized carbons (Fsp3) is 0.556. The van der Waals surface area contributed by atoms with E-state index in [0.717, 1.165) is 30.7 Å². The summed E-state index contributed by atoms with van der Waals surface area (Å²) >= 11 is 0. The molecule has 2 amide bonds. The zero-order valence-electron chi connectivity index (χ0n) is 14.4. The number of halogens is 1. The summed E-state index contributed by atoms with van der Waals surface area (Å²) in [6, 6.07) is 7.49. The number of hydrogen-bond donors (Lipinski definition) is 2. The lowest BCUT2D eigenvalue weighted by atomic mass is 10.0. The van der Waals surface area contributed by atoms with Gasteiger partial charge in [-0.1, -0.05) is 6.42 Å². The van der Waals surface area contributed by atoms with Crippen molar-refractivity contribution in [2.24, 2.45) is 17.6 Å². The molecular weight excluding hydrogens is 342 g/mol. The predicted molar refractivity (Wildman–Crippen MR) is 99.0 cm³/mol. The van der Waals surface area contributed by atoms with Gasteiger partial charge in [0, 0.05) is 24.7 Å². The molecule has 25 heavy (non-hydrogen) atoms. The molecule has 0 radical (unpaired) electrons. The summed E-state index contributed by atoms with van der Waals surface area (Å²) < 4.78 is 5.14. The molecule has 0 aromatic heterocycles. The van der Waals surface area contributed by atoms with E-state index in [2.05, 4.69) is 5.32 Å². The third-order valence-corrected chi connectivity index (χ3v) is 5.17. The molecule has 2 fully saturated rings. The topological polar surface area (TPSA) is 84.7 Å². The summed E-state index contributed by atoms with van der Waals surface area (Å²) in [5.41, 5.74) is 6.58. The third kappa shape index (κ3) is 4.25. The van der Waals surface area contributed by atoms with Gasteiger partial charge in [0.25, 0.3) is 0 Å². The van der Waals surface area contributed by atoms with E-state index < -0.39 is 0 Å². The Morgan fingerprint density at radius 1 is 1.32 bits per heavy atom. The maximum Gasteiger partial charge on any atom is 0.227 e. The van der Waals surface area contributed by atoms with Crippen molar-refractivity contribution in [2.45, 2.75) is 31.7 Å². The maximum absolute atomic E-state index is 12.5. The Balaban J connectivity index is 0.00000225. The minimum atomic E-state index is -0.293. The first-order valence-electron chi connectivity index (χ1n) is 8.57. The van der Waals surface area contributed by atoms with Crippen LogP contribution in [-0.2, 0) is 9.59 Å². The maximum atomic E-state index is 12.5. The fourth-order valence-electron chi connectivity index (χ4n) is 3.70. The molecule has 3 rings (SSSR count). The molecule has 6 nitrogen and oxygen atoms in total. The second-order valence-electron chi connectivity index (χ2n) is 6.65. The largest absolute Gasteiger partial charge is 0.497 e. The van der Waals surface area contributed by atoms with E-state index in [9.17, 15) is 9.59 Å². The van der Waals surface area contributed by atoms with Crippen molar-refractivity contribution in [3.05, 3.63) is 24.3 Å². The molecule has 3 unspecified atom stereocenters. The van der Waals surface area contributed by atoms with E-state index in [1.807, 2.05) is 24.3 Å². The van der Waals surface area contributed by atoms with Crippen molar-refractivity contribution in [1.82, 2.24) is 5.32 Å². The van der Waals surface area contributed by atoms with Crippen LogP contribution >= 0.6 is 12.4 Å². The summed E-state index contributed by atoms with van der Waals surface area (Å²) in [7, 11) is 1.61. The van der Waals surface area contributed by atoms with Crippen molar-refractivity contribution in [3.63, 3.8) is 0 Å². The number of rotatable bonds is 5. The molecule has 1 heterocycles. The van der Waals surface area contributed by atoms with E-state index >= 15 is 0 Å². The molecule has 1 aliphatic heterocycles. The number of nitrogens with two attached hydrogens (primary N) is 1. The minimum absolute atomic E-state index is 0. The lowest BCUT2D eigenvalue weighted by Crippen LogP contribution is -2.43. The summed E-state index contributed by atoms with van der Waals surface area (Å²) in [5, 5.41) is 3.11. The smallest absolute Gasteiger partial charge is 0.227 e. The number of anilines is 1. The van der Waals surface area contributed by atoms with Crippen LogP contribution in [0.25, 0.3) is 0 Å². The first-order valence-corrected chi connectivity index (χ1v) is 8.57. The standard InChI is InChI=1S/C18H25N3O3.ClH/c1-24-15-7-5-14(6-8-15)21-11-13(9-17(21)22)18(23)20-16-4-2-3-12(16)10-19;/h5-8,12-13,16H,2-4,9-11,19H2,1H3,(H,20,23);1H. The van der Waals surface area contributed by atoms with E-state index in [1.54, 1.807) is 12.0 Å². The van der Waals surface area contributed by atoms with Crippen LogP contribution in [0.1, 0.15) is 25.7 Å². The first kappa shape index (κ1) is 19.5. The number of methoxy groups -OCH3 is 1. The summed E-state index contributed by atoms with van der Waals surface area (Å²) in [6.45, 7) is 1.03. The first-order chi connectivity index (χ1) is 11.6. The van der Waals surface area contributed by atoms with E-state index in [4.69, 9.17) is 10.5 Å². The van der Waals surface area contributed by atoms with Crippen molar-refractivity contribution < 1.29 is 14.3 Å². The molecule has 0 bridgehead atoms. The molecule has 1 aromatic rings. The van der Waals surface area contributed by atoms with E-state index in [-0.39, 0.29) is 42.6 Å². The number of ether oxygens (including phenoxy) is 1. The van der Waals surface area contributed by atoms with Gasteiger partial charge < -0.3 is 20.7 Å². The highest BCUT2D eigenvalue weighted by Crippen LogP contribution is 2.29. The van der Waals surface area contributed by atoms with Gasteiger partial charge in [-0.2, -0.15) is 0 Å². The Kier molecular flexibility index (Phi) is 6.67. The van der Waals surface area contributed by atoms with Crippen LogP contribution in [0, 0.1) is 11.8 Å². The second kappa shape index (κ2) is 8.54. The molecule has 7 heteroatoms. The van der Waals surface area contributed by atoms with Crippen LogP contribution in [0.4, 0.5) is 5.69 Å². The lowest BCUT2D eigenvalue weighted by molar-refractivity contribution is -0.127. The monoisotopic (exact) mass is 367 g/mol. The fourth-order valence-corrected chi connectivity index (χ4v) is 3.70. The second-order valence-corrected chi connectivity index (χ2v) is 6.65. The molecule has 3 atom stereocenters. The number of hydrogen-bond acceptors (Lipinski definition) is 4. The molecule has 1 saturated carbocycles. The number of carbonyl (C=O) groups is 2. The molecular formula is C18H26ClN3O3. The normalized spacial score (nSPS) is 25.6. The molecule has 138 valence electrons. The molecule has 3 N–H and O–H groups in total. The summed E-state index contributed by atoms with van der Waals surface area (Å²) in [4.78, 5) is 26.5. The Labute approximate surface area is 154 Å². The SMILES string of the molecule is COc1ccc(N2CC(C(=O)NC3CCCC3CN)CC2=O)cc1.Cl. The Bertz CT molecular complexity index is 608. The highest BCUT2D eigenvalue weighted by atomic mass is 35.5. The number of nitrogens with zero attached hydrogens (tertiary/aromatic N) is 1. The highest BCUT2D eigenvalue weighted by molar-refractivity contribution is 6.00. The van der Waals surface area contributed by atoms with Crippen LogP contribution in [0.3, 0.4) is 0 Å². The minimum Gasteiger partial charge on any atom is -0.497 e. The van der Waals surface area contributed by atoms with Gasteiger partial charge in [-0.15, -0.1) is 12.4 Å². The van der Waals surface area contributed by atoms with Crippen LogP contribution in [0.2, 0.25) is 0 Å². The predicted octanol–water partition coefficient (Wildman–Crippen LogP) is 1.71. The van der Waals surface area contributed by atoms with E-state index in [0.29, 0.717) is 19.0 Å². The van der Waals surface area contributed by atoms with Gasteiger partial charge >= 0.3 is 0 Å². The Morgan fingerprint density at radius 3 is 2.68 bits per heavy atom. The van der Waals surface area contributed by atoms with Gasteiger partial charge in [0.15, 0.2) is 0 Å². The third-order valence-electron chi connectivity index (χ3n) is 5.17. The van der Waals surface area contributed by atoms with Crippen LogP contribution in [-0.4, -0.2) is 38.1 Å². The van der Waals surface area contributed by atoms with Crippen LogP contribution in [0.5, 0.6) is 5.75 Å².